The lowest BCUT2D eigenvalue weighted by Gasteiger charge is -2.14. The number of hydrogen-bond acceptors (Lipinski definition) is 1. The Balaban J connectivity index is 2.02. The van der Waals surface area contributed by atoms with Gasteiger partial charge in [0.2, 0.25) is 0 Å². The normalized spacial score (nSPS) is 61.3. The molecular formula is C8H12O. The summed E-state index contributed by atoms with van der Waals surface area (Å²) in [7, 11) is 0. The molecule has 1 nitrogen and oxygen atoms in total. The Morgan fingerprint density at radius 1 is 1.11 bits per heavy atom. The molecule has 0 aromatic heterocycles. The van der Waals surface area contributed by atoms with Crippen LogP contribution < -0.4 is 0 Å². The van der Waals surface area contributed by atoms with Gasteiger partial charge in [-0.1, -0.05) is 0 Å². The van der Waals surface area contributed by atoms with E-state index < -0.39 is 0 Å². The summed E-state index contributed by atoms with van der Waals surface area (Å²) < 4.78 is 5.63. The molecule has 4 atom stereocenters. The second-order valence-corrected chi connectivity index (χ2v) is 3.87. The Morgan fingerprint density at radius 2 is 2.11 bits per heavy atom. The molecule has 1 aliphatic heterocycles. The van der Waals surface area contributed by atoms with Crippen molar-refractivity contribution in [2.45, 2.75) is 25.4 Å². The standard InChI is InChI=1S/C8H12O/c1-5-2-7-6(1)4-9-8(7)3-5/h5-8H,1-4H2. The summed E-state index contributed by atoms with van der Waals surface area (Å²) in [6, 6.07) is 0. The van der Waals surface area contributed by atoms with Gasteiger partial charge < -0.3 is 4.74 Å². The molecule has 2 bridgehead atoms. The average molecular weight is 124 g/mol. The van der Waals surface area contributed by atoms with Crippen LogP contribution in [0.5, 0.6) is 0 Å². The van der Waals surface area contributed by atoms with E-state index in [9.17, 15) is 0 Å². The average Bonchev–Trinajstić information content (AvgIpc) is 2.35. The van der Waals surface area contributed by atoms with Crippen molar-refractivity contribution in [3.05, 3.63) is 0 Å². The zero-order valence-corrected chi connectivity index (χ0v) is 5.55. The highest BCUT2D eigenvalue weighted by molar-refractivity contribution is 4.99. The molecule has 0 aromatic rings. The zero-order valence-electron chi connectivity index (χ0n) is 5.55. The van der Waals surface area contributed by atoms with Gasteiger partial charge in [0.1, 0.15) is 0 Å². The second-order valence-electron chi connectivity index (χ2n) is 3.87. The Kier molecular flexibility index (Phi) is 0.704. The van der Waals surface area contributed by atoms with E-state index in [1.807, 2.05) is 0 Å². The molecule has 3 fully saturated rings. The predicted octanol–water partition coefficient (Wildman–Crippen LogP) is 1.43. The fraction of sp³-hybridized carbons (Fsp3) is 1.00. The Bertz CT molecular complexity index is 127. The number of fused-ring (bicyclic) bond motifs is 1. The molecule has 1 heterocycles. The summed E-state index contributed by atoms with van der Waals surface area (Å²) in [5, 5.41) is 0. The van der Waals surface area contributed by atoms with Crippen LogP contribution in [0.2, 0.25) is 0 Å². The number of rotatable bonds is 0. The van der Waals surface area contributed by atoms with Gasteiger partial charge in [0, 0.05) is 0 Å². The third-order valence-corrected chi connectivity index (χ3v) is 3.41. The van der Waals surface area contributed by atoms with E-state index in [0.717, 1.165) is 24.4 Å². The lowest BCUT2D eigenvalue weighted by molar-refractivity contribution is 0.102. The van der Waals surface area contributed by atoms with Crippen molar-refractivity contribution in [2.75, 3.05) is 6.61 Å². The smallest absolute Gasteiger partial charge is 0.0609 e. The van der Waals surface area contributed by atoms with E-state index >= 15 is 0 Å². The van der Waals surface area contributed by atoms with Crippen LogP contribution >= 0.6 is 0 Å². The van der Waals surface area contributed by atoms with Crippen molar-refractivity contribution in [1.29, 1.82) is 0 Å². The Hall–Kier alpha value is -0.0400. The maximum atomic E-state index is 5.63. The summed E-state index contributed by atoms with van der Waals surface area (Å²) in [4.78, 5) is 0. The van der Waals surface area contributed by atoms with Crippen molar-refractivity contribution in [3.8, 4) is 0 Å². The summed E-state index contributed by atoms with van der Waals surface area (Å²) in [5.74, 6) is 3.04. The van der Waals surface area contributed by atoms with Crippen LogP contribution in [0, 0.1) is 17.8 Å². The van der Waals surface area contributed by atoms with Crippen molar-refractivity contribution < 1.29 is 4.74 Å². The van der Waals surface area contributed by atoms with Crippen molar-refractivity contribution in [1.82, 2.24) is 0 Å². The van der Waals surface area contributed by atoms with Gasteiger partial charge in [0.25, 0.3) is 0 Å². The first-order chi connectivity index (χ1) is 4.43. The van der Waals surface area contributed by atoms with Crippen LogP contribution in [0.3, 0.4) is 0 Å². The van der Waals surface area contributed by atoms with Gasteiger partial charge in [-0.25, -0.2) is 0 Å². The molecule has 0 spiro atoms. The SMILES string of the molecule is C1OC2CC3CC1C2C3. The van der Waals surface area contributed by atoms with Gasteiger partial charge in [-0.3, -0.25) is 0 Å². The number of ether oxygens (including phenoxy) is 1. The monoisotopic (exact) mass is 124 g/mol. The molecule has 4 unspecified atom stereocenters. The maximum Gasteiger partial charge on any atom is 0.0609 e. The van der Waals surface area contributed by atoms with E-state index in [-0.39, 0.29) is 0 Å². The van der Waals surface area contributed by atoms with Crippen LogP contribution in [-0.4, -0.2) is 12.7 Å². The van der Waals surface area contributed by atoms with E-state index in [1.54, 1.807) is 0 Å². The van der Waals surface area contributed by atoms with Gasteiger partial charge >= 0.3 is 0 Å². The maximum absolute atomic E-state index is 5.63. The summed E-state index contributed by atoms with van der Waals surface area (Å²) in [6.07, 6.45) is 5.08. The molecule has 50 valence electrons. The fourth-order valence-electron chi connectivity index (χ4n) is 3.06. The highest BCUT2D eigenvalue weighted by atomic mass is 16.5. The molecule has 0 radical (unpaired) electrons. The molecule has 1 heteroatoms. The van der Waals surface area contributed by atoms with Crippen molar-refractivity contribution in [2.24, 2.45) is 17.8 Å². The predicted molar refractivity (Wildman–Crippen MR) is 34.1 cm³/mol. The molecule has 1 saturated heterocycles. The van der Waals surface area contributed by atoms with Crippen LogP contribution in [-0.2, 0) is 4.74 Å². The molecular weight excluding hydrogens is 112 g/mol. The quantitative estimate of drug-likeness (QED) is 0.474. The summed E-state index contributed by atoms with van der Waals surface area (Å²) in [6.45, 7) is 1.09. The molecule has 2 saturated carbocycles. The first-order valence-electron chi connectivity index (χ1n) is 4.05. The van der Waals surface area contributed by atoms with Gasteiger partial charge in [-0.15, -0.1) is 0 Å². The zero-order chi connectivity index (χ0) is 5.84. The first-order valence-corrected chi connectivity index (χ1v) is 4.05. The van der Waals surface area contributed by atoms with Gasteiger partial charge in [0.05, 0.1) is 12.7 Å². The highest BCUT2D eigenvalue weighted by Crippen LogP contribution is 2.53. The molecule has 3 rings (SSSR count). The first kappa shape index (κ1) is 4.73. The molecule has 0 amide bonds. The summed E-state index contributed by atoms with van der Waals surface area (Å²) in [5.41, 5.74) is 0. The van der Waals surface area contributed by atoms with Gasteiger partial charge in [-0.2, -0.15) is 0 Å². The van der Waals surface area contributed by atoms with E-state index in [4.69, 9.17) is 4.74 Å². The van der Waals surface area contributed by atoms with Crippen LogP contribution in [0.1, 0.15) is 19.3 Å². The van der Waals surface area contributed by atoms with E-state index in [1.165, 1.54) is 19.3 Å². The van der Waals surface area contributed by atoms with Crippen LogP contribution in [0.4, 0.5) is 0 Å². The van der Waals surface area contributed by atoms with Gasteiger partial charge in [0.15, 0.2) is 0 Å². The summed E-state index contributed by atoms with van der Waals surface area (Å²) >= 11 is 0. The largest absolute Gasteiger partial charge is 0.378 e. The van der Waals surface area contributed by atoms with Crippen LogP contribution in [0.25, 0.3) is 0 Å². The molecule has 3 aliphatic rings. The lowest BCUT2D eigenvalue weighted by Crippen LogP contribution is -2.14. The van der Waals surface area contributed by atoms with Crippen molar-refractivity contribution >= 4 is 0 Å². The Labute approximate surface area is 55.4 Å². The lowest BCUT2D eigenvalue weighted by atomic mass is 9.90. The number of hydrogen-bond donors (Lipinski definition) is 0. The highest BCUT2D eigenvalue weighted by Gasteiger charge is 2.50. The minimum atomic E-state index is 0.703. The van der Waals surface area contributed by atoms with Gasteiger partial charge in [-0.05, 0) is 37.0 Å². The Morgan fingerprint density at radius 3 is 2.78 bits per heavy atom. The minimum absolute atomic E-state index is 0.703. The van der Waals surface area contributed by atoms with Crippen LogP contribution in [0.15, 0.2) is 0 Å². The second kappa shape index (κ2) is 1.34. The topological polar surface area (TPSA) is 9.23 Å². The third kappa shape index (κ3) is 0.454. The molecule has 9 heavy (non-hydrogen) atoms. The third-order valence-electron chi connectivity index (χ3n) is 3.41. The molecule has 0 N–H and O–H groups in total. The molecule has 0 aromatic carbocycles. The van der Waals surface area contributed by atoms with E-state index in [2.05, 4.69) is 0 Å². The minimum Gasteiger partial charge on any atom is -0.378 e. The fourth-order valence-corrected chi connectivity index (χ4v) is 3.06. The van der Waals surface area contributed by atoms with Crippen molar-refractivity contribution in [3.63, 3.8) is 0 Å². The van der Waals surface area contributed by atoms with E-state index in [0.29, 0.717) is 6.10 Å². The molecule has 2 aliphatic carbocycles.